The summed E-state index contributed by atoms with van der Waals surface area (Å²) in [7, 11) is 0. The van der Waals surface area contributed by atoms with Gasteiger partial charge in [-0.15, -0.1) is 0 Å². The summed E-state index contributed by atoms with van der Waals surface area (Å²) in [5.41, 5.74) is 1.74. The second-order valence-corrected chi connectivity index (χ2v) is 6.24. The molecule has 5 heteroatoms. The van der Waals surface area contributed by atoms with E-state index in [9.17, 15) is 0 Å². The number of anilines is 1. The fourth-order valence-electron chi connectivity index (χ4n) is 2.83. The van der Waals surface area contributed by atoms with E-state index in [0.29, 0.717) is 16.2 Å². The van der Waals surface area contributed by atoms with Crippen LogP contribution in [-0.2, 0) is 0 Å². The molecule has 1 aromatic heterocycles. The molecule has 0 unspecified atom stereocenters. The summed E-state index contributed by atoms with van der Waals surface area (Å²) in [4.78, 5) is 4.41. The van der Waals surface area contributed by atoms with E-state index in [4.69, 9.17) is 23.8 Å². The lowest BCUT2D eigenvalue weighted by atomic mass is 9.96. The molecule has 3 rings (SSSR count). The molecule has 1 aromatic carbocycles. The highest BCUT2D eigenvalue weighted by molar-refractivity contribution is 7.80. The number of pyridine rings is 1. The van der Waals surface area contributed by atoms with E-state index in [1.165, 1.54) is 32.1 Å². The summed E-state index contributed by atoms with van der Waals surface area (Å²) < 4.78 is 0. The van der Waals surface area contributed by atoms with Crippen molar-refractivity contribution in [3.8, 4) is 0 Å². The number of hydrogen-bond acceptors (Lipinski definition) is 2. The number of fused-ring (bicyclic) bond motifs is 1. The Hall–Kier alpha value is -1.39. The molecule has 2 N–H and O–H groups in total. The van der Waals surface area contributed by atoms with Gasteiger partial charge in [0, 0.05) is 17.6 Å². The largest absolute Gasteiger partial charge is 0.360 e. The van der Waals surface area contributed by atoms with Gasteiger partial charge in [-0.1, -0.05) is 30.9 Å². The van der Waals surface area contributed by atoms with Crippen molar-refractivity contribution in [3.05, 3.63) is 35.5 Å². The molecule has 1 fully saturated rings. The first-order chi connectivity index (χ1) is 10.2. The number of benzene rings is 1. The van der Waals surface area contributed by atoms with Gasteiger partial charge < -0.3 is 10.6 Å². The first-order valence-corrected chi connectivity index (χ1v) is 8.13. The molecule has 110 valence electrons. The predicted molar refractivity (Wildman–Crippen MR) is 93.0 cm³/mol. The van der Waals surface area contributed by atoms with E-state index in [0.717, 1.165) is 16.6 Å². The van der Waals surface area contributed by atoms with Crippen molar-refractivity contribution in [2.75, 3.05) is 5.32 Å². The Bertz CT molecular complexity index is 653. The first kappa shape index (κ1) is 14.5. The average Bonchev–Trinajstić information content (AvgIpc) is 2.51. The summed E-state index contributed by atoms with van der Waals surface area (Å²) >= 11 is 11.6. The average molecular weight is 320 g/mol. The number of aromatic nitrogens is 1. The molecule has 1 aliphatic rings. The van der Waals surface area contributed by atoms with E-state index in [-0.39, 0.29) is 0 Å². The second kappa shape index (κ2) is 6.58. The van der Waals surface area contributed by atoms with Crippen LogP contribution < -0.4 is 10.6 Å². The van der Waals surface area contributed by atoms with Gasteiger partial charge in [-0.2, -0.15) is 0 Å². The lowest BCUT2D eigenvalue weighted by Crippen LogP contribution is -2.38. The predicted octanol–water partition coefficient (Wildman–Crippen LogP) is 4.51. The zero-order valence-electron chi connectivity index (χ0n) is 11.7. The summed E-state index contributed by atoms with van der Waals surface area (Å²) in [6.07, 6.45) is 8.06. The third-order valence-corrected chi connectivity index (χ3v) is 4.45. The summed E-state index contributed by atoms with van der Waals surface area (Å²) in [5.74, 6) is 0. The number of hydrogen-bond donors (Lipinski definition) is 2. The van der Waals surface area contributed by atoms with Crippen molar-refractivity contribution in [1.29, 1.82) is 0 Å². The van der Waals surface area contributed by atoms with Crippen molar-refractivity contribution in [2.45, 2.75) is 38.1 Å². The van der Waals surface area contributed by atoms with Gasteiger partial charge in [0.15, 0.2) is 5.11 Å². The van der Waals surface area contributed by atoms with E-state index >= 15 is 0 Å². The lowest BCUT2D eigenvalue weighted by Gasteiger charge is -2.24. The van der Waals surface area contributed by atoms with Crippen LogP contribution >= 0.6 is 23.8 Å². The third-order valence-electron chi connectivity index (χ3n) is 3.91. The SMILES string of the molecule is S=C(Nc1ccc(Cl)c2cccnc12)NC1CCCCC1. The monoisotopic (exact) mass is 319 g/mol. The van der Waals surface area contributed by atoms with E-state index < -0.39 is 0 Å². The van der Waals surface area contributed by atoms with Gasteiger partial charge in [0.25, 0.3) is 0 Å². The smallest absolute Gasteiger partial charge is 0.171 e. The van der Waals surface area contributed by atoms with Crippen LogP contribution in [0.2, 0.25) is 5.02 Å². The highest BCUT2D eigenvalue weighted by Crippen LogP contribution is 2.28. The van der Waals surface area contributed by atoms with Crippen LogP contribution in [0, 0.1) is 0 Å². The molecule has 0 atom stereocenters. The van der Waals surface area contributed by atoms with Crippen molar-refractivity contribution in [2.24, 2.45) is 0 Å². The first-order valence-electron chi connectivity index (χ1n) is 7.35. The van der Waals surface area contributed by atoms with E-state index in [1.807, 2.05) is 24.3 Å². The molecule has 21 heavy (non-hydrogen) atoms. The molecule has 1 heterocycles. The molecule has 0 bridgehead atoms. The molecular formula is C16H18ClN3S. The van der Waals surface area contributed by atoms with Gasteiger partial charge in [-0.3, -0.25) is 4.98 Å². The van der Waals surface area contributed by atoms with Gasteiger partial charge in [-0.05, 0) is 49.3 Å². The van der Waals surface area contributed by atoms with Crippen molar-refractivity contribution in [3.63, 3.8) is 0 Å². The summed E-state index contributed by atoms with van der Waals surface area (Å²) in [6, 6.07) is 8.14. The van der Waals surface area contributed by atoms with Crippen molar-refractivity contribution in [1.82, 2.24) is 10.3 Å². The van der Waals surface area contributed by atoms with Crippen LogP contribution in [0.25, 0.3) is 10.9 Å². The number of rotatable bonds is 2. The quantitative estimate of drug-likeness (QED) is 0.799. The summed E-state index contributed by atoms with van der Waals surface area (Å²) in [5, 5.41) is 8.97. The summed E-state index contributed by atoms with van der Waals surface area (Å²) in [6.45, 7) is 0. The van der Waals surface area contributed by atoms with Crippen LogP contribution in [-0.4, -0.2) is 16.1 Å². The Morgan fingerprint density at radius 1 is 1.19 bits per heavy atom. The van der Waals surface area contributed by atoms with Gasteiger partial charge in [0.05, 0.1) is 16.2 Å². The number of nitrogens with zero attached hydrogens (tertiary/aromatic N) is 1. The van der Waals surface area contributed by atoms with Gasteiger partial charge in [0.2, 0.25) is 0 Å². The fraction of sp³-hybridized carbons (Fsp3) is 0.375. The van der Waals surface area contributed by atoms with Gasteiger partial charge >= 0.3 is 0 Å². The Balaban J connectivity index is 1.75. The van der Waals surface area contributed by atoms with Crippen LogP contribution in [0.5, 0.6) is 0 Å². The maximum absolute atomic E-state index is 6.20. The molecule has 0 saturated heterocycles. The van der Waals surface area contributed by atoms with Crippen LogP contribution in [0.15, 0.2) is 30.5 Å². The molecule has 1 saturated carbocycles. The van der Waals surface area contributed by atoms with E-state index in [1.54, 1.807) is 6.20 Å². The minimum absolute atomic E-state index is 0.491. The third kappa shape index (κ3) is 3.44. The maximum atomic E-state index is 6.20. The number of halogens is 1. The Morgan fingerprint density at radius 2 is 2.00 bits per heavy atom. The van der Waals surface area contributed by atoms with Crippen molar-refractivity contribution < 1.29 is 0 Å². The molecule has 0 aliphatic heterocycles. The minimum atomic E-state index is 0.491. The molecule has 1 aliphatic carbocycles. The van der Waals surface area contributed by atoms with Gasteiger partial charge in [0.1, 0.15) is 0 Å². The topological polar surface area (TPSA) is 37.0 Å². The molecule has 0 radical (unpaired) electrons. The highest BCUT2D eigenvalue weighted by Gasteiger charge is 2.14. The molecule has 0 amide bonds. The Kier molecular flexibility index (Phi) is 4.56. The number of thiocarbonyl (C=S) groups is 1. The second-order valence-electron chi connectivity index (χ2n) is 5.43. The molecule has 2 aromatic rings. The maximum Gasteiger partial charge on any atom is 0.171 e. The minimum Gasteiger partial charge on any atom is -0.360 e. The lowest BCUT2D eigenvalue weighted by molar-refractivity contribution is 0.415. The van der Waals surface area contributed by atoms with E-state index in [2.05, 4.69) is 15.6 Å². The molecular weight excluding hydrogens is 302 g/mol. The van der Waals surface area contributed by atoms with Crippen LogP contribution in [0.3, 0.4) is 0 Å². The number of nitrogens with one attached hydrogen (secondary N) is 2. The van der Waals surface area contributed by atoms with Crippen molar-refractivity contribution >= 4 is 45.5 Å². The fourth-order valence-corrected chi connectivity index (χ4v) is 3.32. The molecule has 0 spiro atoms. The Labute approximate surface area is 135 Å². The highest BCUT2D eigenvalue weighted by atomic mass is 35.5. The van der Waals surface area contributed by atoms with Crippen LogP contribution in [0.1, 0.15) is 32.1 Å². The van der Waals surface area contributed by atoms with Gasteiger partial charge in [-0.25, -0.2) is 0 Å². The zero-order valence-corrected chi connectivity index (χ0v) is 13.3. The Morgan fingerprint density at radius 3 is 2.81 bits per heavy atom. The standard InChI is InChI=1S/C16H18ClN3S/c17-13-8-9-14(15-12(13)7-4-10-18-15)20-16(21)19-11-5-2-1-3-6-11/h4,7-11H,1-3,5-6H2,(H2,19,20,21). The van der Waals surface area contributed by atoms with Crippen LogP contribution in [0.4, 0.5) is 5.69 Å². The molecule has 3 nitrogen and oxygen atoms in total. The normalized spacial score (nSPS) is 15.9. The zero-order chi connectivity index (χ0) is 14.7.